The van der Waals surface area contributed by atoms with Crippen LogP contribution in [0.15, 0.2) is 41.2 Å². The van der Waals surface area contributed by atoms with Gasteiger partial charge in [-0.3, -0.25) is 4.79 Å². The molecule has 0 N–H and O–H groups in total. The number of hydrogen-bond donors (Lipinski definition) is 0. The van der Waals surface area contributed by atoms with E-state index < -0.39 is 0 Å². The summed E-state index contributed by atoms with van der Waals surface area (Å²) in [4.78, 5) is 12.8. The molecule has 2 fully saturated rings. The molecule has 5 heteroatoms. The van der Waals surface area contributed by atoms with Gasteiger partial charge in [-0.15, -0.1) is 0 Å². The molecule has 4 rings (SSSR count). The molecule has 2 aromatic rings. The Morgan fingerprint density at radius 2 is 2.00 bits per heavy atom. The Balaban J connectivity index is 1.45. The number of aryl methyl sites for hydroxylation is 1. The molecule has 0 spiro atoms. The van der Waals surface area contributed by atoms with Gasteiger partial charge in [0.2, 0.25) is 0 Å². The van der Waals surface area contributed by atoms with Gasteiger partial charge in [-0.1, -0.05) is 24.0 Å². The lowest BCUT2D eigenvalue weighted by Gasteiger charge is -2.23. The second kappa shape index (κ2) is 8.86. The first kappa shape index (κ1) is 19.8. The smallest absolute Gasteiger partial charge is 0.254 e. The Hall–Kier alpha value is -2.55. The average Bonchev–Trinajstić information content (AvgIpc) is 3.56. The molecule has 5 nitrogen and oxygen atoms in total. The lowest BCUT2D eigenvalue weighted by molar-refractivity contribution is -0.101. The Labute approximate surface area is 171 Å². The molecule has 152 valence electrons. The van der Waals surface area contributed by atoms with E-state index in [2.05, 4.69) is 24.0 Å². The third-order valence-corrected chi connectivity index (χ3v) is 5.33. The van der Waals surface area contributed by atoms with Gasteiger partial charge in [-0.2, -0.15) is 0 Å². The molecule has 0 radical (unpaired) electrons. The minimum Gasteiger partial charge on any atom is -0.491 e. The zero-order valence-electron chi connectivity index (χ0n) is 17.0. The number of benzene rings is 1. The Bertz CT molecular complexity index is 957. The second-order valence-corrected chi connectivity index (χ2v) is 7.76. The highest BCUT2D eigenvalue weighted by Crippen LogP contribution is 2.27. The number of ether oxygens (including phenoxy) is 3. The molecule has 1 aliphatic carbocycles. The van der Waals surface area contributed by atoms with Crippen molar-refractivity contribution in [1.82, 2.24) is 4.57 Å². The van der Waals surface area contributed by atoms with Crippen LogP contribution in [0.2, 0.25) is 0 Å². The fourth-order valence-corrected chi connectivity index (χ4v) is 3.49. The molecule has 2 unspecified atom stereocenters. The molecule has 2 aliphatic rings. The van der Waals surface area contributed by atoms with Crippen molar-refractivity contribution in [2.24, 2.45) is 5.92 Å². The number of nitrogens with zero attached hydrogens (tertiary/aromatic N) is 1. The highest BCUT2D eigenvalue weighted by molar-refractivity contribution is 5.38. The Morgan fingerprint density at radius 1 is 1.21 bits per heavy atom. The molecule has 29 heavy (non-hydrogen) atoms. The van der Waals surface area contributed by atoms with Crippen molar-refractivity contribution in [3.8, 4) is 17.6 Å². The first-order valence-corrected chi connectivity index (χ1v) is 10.3. The predicted molar refractivity (Wildman–Crippen MR) is 111 cm³/mol. The minimum absolute atomic E-state index is 0.0722. The topological polar surface area (TPSA) is 49.7 Å². The van der Waals surface area contributed by atoms with Crippen LogP contribution in [0, 0.1) is 24.7 Å². The van der Waals surface area contributed by atoms with Gasteiger partial charge in [-0.25, -0.2) is 0 Å². The summed E-state index contributed by atoms with van der Waals surface area (Å²) in [6.07, 6.45) is 2.36. The van der Waals surface area contributed by atoms with Crippen molar-refractivity contribution in [3.63, 3.8) is 0 Å². The van der Waals surface area contributed by atoms with Gasteiger partial charge in [0.1, 0.15) is 18.5 Å². The maximum absolute atomic E-state index is 12.8. The molecule has 1 saturated carbocycles. The van der Waals surface area contributed by atoms with Crippen molar-refractivity contribution >= 4 is 0 Å². The van der Waals surface area contributed by atoms with Crippen molar-refractivity contribution in [2.75, 3.05) is 26.4 Å². The zero-order valence-corrected chi connectivity index (χ0v) is 17.0. The summed E-state index contributed by atoms with van der Waals surface area (Å²) in [5.41, 5.74) is 2.88. The first-order chi connectivity index (χ1) is 14.1. The van der Waals surface area contributed by atoms with Gasteiger partial charge in [0.15, 0.2) is 0 Å². The van der Waals surface area contributed by atoms with Crippen LogP contribution in [0.1, 0.15) is 42.6 Å². The maximum Gasteiger partial charge on any atom is 0.254 e. The van der Waals surface area contributed by atoms with E-state index >= 15 is 0 Å². The number of pyridine rings is 1. The van der Waals surface area contributed by atoms with Crippen LogP contribution < -0.4 is 10.3 Å². The highest BCUT2D eigenvalue weighted by atomic mass is 16.6. The van der Waals surface area contributed by atoms with Crippen LogP contribution >= 0.6 is 0 Å². The molecule has 1 saturated heterocycles. The SMILES string of the molecule is Cc1cc(OCC2COCCO2)cc(=O)n1C(C)c1ccc(C#CC2CC2)cc1. The molecular formula is C24H27NO4. The zero-order chi connectivity index (χ0) is 20.2. The first-order valence-electron chi connectivity index (χ1n) is 10.3. The third kappa shape index (κ3) is 5.09. The van der Waals surface area contributed by atoms with Crippen molar-refractivity contribution < 1.29 is 14.2 Å². The van der Waals surface area contributed by atoms with Crippen LogP contribution in [-0.2, 0) is 9.47 Å². The van der Waals surface area contributed by atoms with Crippen LogP contribution in [0.5, 0.6) is 5.75 Å². The van der Waals surface area contributed by atoms with E-state index in [-0.39, 0.29) is 17.7 Å². The lowest BCUT2D eigenvalue weighted by Crippen LogP contribution is -2.33. The molecular weight excluding hydrogens is 366 g/mol. The highest BCUT2D eigenvalue weighted by Gasteiger charge is 2.18. The largest absolute Gasteiger partial charge is 0.491 e. The average molecular weight is 393 g/mol. The lowest BCUT2D eigenvalue weighted by atomic mass is 10.1. The molecule has 0 bridgehead atoms. The van der Waals surface area contributed by atoms with E-state index in [9.17, 15) is 4.79 Å². The molecule has 2 atom stereocenters. The molecule has 2 heterocycles. The van der Waals surface area contributed by atoms with Gasteiger partial charge < -0.3 is 18.8 Å². The summed E-state index contributed by atoms with van der Waals surface area (Å²) < 4.78 is 18.5. The monoisotopic (exact) mass is 393 g/mol. The Kier molecular flexibility index (Phi) is 6.03. The fourth-order valence-electron chi connectivity index (χ4n) is 3.49. The van der Waals surface area contributed by atoms with E-state index in [0.29, 0.717) is 38.1 Å². The van der Waals surface area contributed by atoms with Crippen LogP contribution in [-0.4, -0.2) is 37.1 Å². The van der Waals surface area contributed by atoms with Gasteiger partial charge in [-0.05, 0) is 50.5 Å². The third-order valence-electron chi connectivity index (χ3n) is 5.33. The standard InChI is InChI=1S/C24H27NO4/c1-17-13-22(29-16-23-15-27-11-12-28-23)14-24(26)25(17)18(2)21-9-7-20(8-10-21)6-5-19-3-4-19/h7-10,13-14,18-19,23H,3-4,11-12,15-16H2,1-2H3. The van der Waals surface area contributed by atoms with E-state index in [1.54, 1.807) is 10.6 Å². The normalized spacial score (nSPS) is 19.9. The molecule has 0 amide bonds. The minimum atomic E-state index is -0.0908. The van der Waals surface area contributed by atoms with Gasteiger partial charge >= 0.3 is 0 Å². The molecule has 1 aromatic carbocycles. The maximum atomic E-state index is 12.8. The van der Waals surface area contributed by atoms with Crippen LogP contribution in [0.25, 0.3) is 0 Å². The second-order valence-electron chi connectivity index (χ2n) is 7.76. The Morgan fingerprint density at radius 3 is 2.66 bits per heavy atom. The van der Waals surface area contributed by atoms with Crippen LogP contribution in [0.4, 0.5) is 0 Å². The summed E-state index contributed by atoms with van der Waals surface area (Å²) in [6, 6.07) is 11.5. The number of rotatable bonds is 5. The van der Waals surface area contributed by atoms with Crippen molar-refractivity contribution in [2.45, 2.75) is 38.8 Å². The van der Waals surface area contributed by atoms with Gasteiger partial charge in [0.25, 0.3) is 5.56 Å². The van der Waals surface area contributed by atoms with E-state index in [4.69, 9.17) is 14.2 Å². The van der Waals surface area contributed by atoms with Gasteiger partial charge in [0, 0.05) is 23.2 Å². The molecule has 1 aliphatic heterocycles. The fraction of sp³-hybridized carbons (Fsp3) is 0.458. The van der Waals surface area contributed by atoms with Crippen molar-refractivity contribution in [1.29, 1.82) is 0 Å². The van der Waals surface area contributed by atoms with E-state index in [0.717, 1.165) is 16.8 Å². The summed E-state index contributed by atoms with van der Waals surface area (Å²) in [5.74, 6) is 7.66. The predicted octanol–water partition coefficient (Wildman–Crippen LogP) is 3.32. The van der Waals surface area contributed by atoms with E-state index in [1.165, 1.54) is 12.8 Å². The number of aromatic nitrogens is 1. The summed E-state index contributed by atoms with van der Waals surface area (Å²) in [5, 5.41) is 0. The quantitative estimate of drug-likeness (QED) is 0.732. The molecule has 1 aromatic heterocycles. The van der Waals surface area contributed by atoms with E-state index in [1.807, 2.05) is 32.0 Å². The summed E-state index contributed by atoms with van der Waals surface area (Å²) in [6.45, 7) is 6.07. The summed E-state index contributed by atoms with van der Waals surface area (Å²) >= 11 is 0. The summed E-state index contributed by atoms with van der Waals surface area (Å²) in [7, 11) is 0. The van der Waals surface area contributed by atoms with Crippen LogP contribution in [0.3, 0.4) is 0 Å². The van der Waals surface area contributed by atoms with Gasteiger partial charge in [0.05, 0.1) is 25.9 Å². The van der Waals surface area contributed by atoms with Crippen molar-refractivity contribution in [3.05, 3.63) is 63.6 Å². The number of hydrogen-bond acceptors (Lipinski definition) is 4.